The summed E-state index contributed by atoms with van der Waals surface area (Å²) in [4.78, 5) is 25.4. The smallest absolute Gasteiger partial charge is 0.416 e. The fourth-order valence-corrected chi connectivity index (χ4v) is 3.61. The number of nitrogens with zero attached hydrogens (tertiary/aromatic N) is 3. The summed E-state index contributed by atoms with van der Waals surface area (Å²) >= 11 is 1.10. The van der Waals surface area contributed by atoms with E-state index in [-0.39, 0.29) is 22.7 Å². The number of methoxy groups -OCH3 is 1. The number of ether oxygens (including phenoxy) is 1. The molecule has 32 heavy (non-hydrogen) atoms. The molecule has 0 bridgehead atoms. The van der Waals surface area contributed by atoms with E-state index >= 15 is 0 Å². The topological polar surface area (TPSA) is 76.5 Å². The Bertz CT molecular complexity index is 1120. The second-order valence-corrected chi connectivity index (χ2v) is 7.84. The van der Waals surface area contributed by atoms with E-state index < -0.39 is 17.6 Å². The van der Waals surface area contributed by atoms with Gasteiger partial charge in [-0.05, 0) is 42.7 Å². The molecule has 10 heteroatoms. The van der Waals surface area contributed by atoms with Crippen molar-refractivity contribution in [3.8, 4) is 5.75 Å². The number of aliphatic imine (C=N–C) groups is 1. The molecule has 2 heterocycles. The lowest BCUT2D eigenvalue weighted by molar-refractivity contribution is -0.138. The molecule has 1 N–H and O–H groups in total. The van der Waals surface area contributed by atoms with Gasteiger partial charge in [0.2, 0.25) is 0 Å². The number of benzene rings is 1. The normalized spacial score (nSPS) is 12.0. The van der Waals surface area contributed by atoms with E-state index in [1.807, 2.05) is 24.3 Å². The van der Waals surface area contributed by atoms with Gasteiger partial charge in [-0.2, -0.15) is 13.2 Å². The van der Waals surface area contributed by atoms with Gasteiger partial charge in [0.05, 0.1) is 31.1 Å². The molecule has 0 saturated heterocycles. The molecule has 0 aliphatic carbocycles. The lowest BCUT2D eigenvalue weighted by Crippen LogP contribution is -2.15. The average Bonchev–Trinajstić information content (AvgIpc) is 3.28. The molecule has 0 saturated carbocycles. The Morgan fingerprint density at radius 3 is 2.53 bits per heavy atom. The minimum Gasteiger partial charge on any atom is -0.497 e. The molecule has 168 valence electrons. The summed E-state index contributed by atoms with van der Waals surface area (Å²) in [5, 5.41) is 2.96. The molecular weight excluding hydrogens is 441 g/mol. The molecule has 2 aromatic heterocycles. The van der Waals surface area contributed by atoms with Crippen molar-refractivity contribution >= 4 is 28.8 Å². The number of amides is 1. The van der Waals surface area contributed by atoms with Crippen LogP contribution in [-0.4, -0.2) is 28.7 Å². The summed E-state index contributed by atoms with van der Waals surface area (Å²) in [7, 11) is 1.60. The number of carbonyl (C=O) groups is 1. The second-order valence-electron chi connectivity index (χ2n) is 6.81. The summed E-state index contributed by atoms with van der Waals surface area (Å²) in [5.41, 5.74) is 0.896. The summed E-state index contributed by atoms with van der Waals surface area (Å²) in [6, 6.07) is 8.35. The van der Waals surface area contributed by atoms with E-state index in [1.54, 1.807) is 21.0 Å². The third kappa shape index (κ3) is 5.70. The molecule has 0 fully saturated rings. The third-order valence-electron chi connectivity index (χ3n) is 4.61. The number of aromatic nitrogens is 2. The lowest BCUT2D eigenvalue weighted by atomic mass is 10.1. The number of rotatable bonds is 7. The van der Waals surface area contributed by atoms with Crippen LogP contribution in [-0.2, 0) is 19.1 Å². The van der Waals surface area contributed by atoms with Crippen LogP contribution in [0, 0.1) is 0 Å². The Morgan fingerprint density at radius 1 is 1.19 bits per heavy atom. The molecule has 6 nitrogen and oxygen atoms in total. The first-order chi connectivity index (χ1) is 15.2. The number of hydrogen-bond donors (Lipinski definition) is 1. The number of halogens is 3. The van der Waals surface area contributed by atoms with Gasteiger partial charge in [-0.15, -0.1) is 11.3 Å². The van der Waals surface area contributed by atoms with Crippen molar-refractivity contribution in [3.63, 3.8) is 0 Å². The van der Waals surface area contributed by atoms with Crippen molar-refractivity contribution in [1.82, 2.24) is 9.97 Å². The highest BCUT2D eigenvalue weighted by molar-refractivity contribution is 7.15. The van der Waals surface area contributed by atoms with Gasteiger partial charge in [0.1, 0.15) is 21.5 Å². The van der Waals surface area contributed by atoms with Gasteiger partial charge in [-0.1, -0.05) is 19.1 Å². The van der Waals surface area contributed by atoms with Gasteiger partial charge in [0.25, 0.3) is 5.91 Å². The van der Waals surface area contributed by atoms with E-state index in [1.165, 1.54) is 6.20 Å². The quantitative estimate of drug-likeness (QED) is 0.478. The standard InChI is InChI=1S/C22H21F3N4O2S/c1-4-15-11-27-19(9-17(15)22(23,24)25)29-20(30)18-12-28-21(32-18)13(2)26-10-14-5-7-16(31-3)8-6-14/h5-9,11-12H,4,10H2,1-3H3,(H,27,29,30). The summed E-state index contributed by atoms with van der Waals surface area (Å²) in [6.45, 7) is 3.83. The first-order valence-electron chi connectivity index (χ1n) is 9.69. The van der Waals surface area contributed by atoms with E-state index in [4.69, 9.17) is 4.74 Å². The van der Waals surface area contributed by atoms with Crippen LogP contribution >= 0.6 is 11.3 Å². The maximum Gasteiger partial charge on any atom is 0.416 e. The van der Waals surface area contributed by atoms with Crippen LogP contribution in [0.1, 0.15) is 45.2 Å². The van der Waals surface area contributed by atoms with Gasteiger partial charge in [0.15, 0.2) is 0 Å². The number of hydrogen-bond acceptors (Lipinski definition) is 6. The molecule has 3 rings (SSSR count). The van der Waals surface area contributed by atoms with Crippen LogP contribution in [0.2, 0.25) is 0 Å². The monoisotopic (exact) mass is 462 g/mol. The highest BCUT2D eigenvalue weighted by Crippen LogP contribution is 2.33. The fraction of sp³-hybridized carbons (Fsp3) is 0.273. The molecule has 1 aromatic carbocycles. The zero-order valence-corrected chi connectivity index (χ0v) is 18.5. The Kier molecular flexibility index (Phi) is 7.24. The highest BCUT2D eigenvalue weighted by atomic mass is 32.1. The van der Waals surface area contributed by atoms with E-state index in [9.17, 15) is 18.0 Å². The van der Waals surface area contributed by atoms with Crippen molar-refractivity contribution in [2.75, 3.05) is 12.4 Å². The minimum absolute atomic E-state index is 0.0688. The van der Waals surface area contributed by atoms with E-state index in [2.05, 4.69) is 20.3 Å². The molecule has 0 atom stereocenters. The highest BCUT2D eigenvalue weighted by Gasteiger charge is 2.33. The van der Waals surface area contributed by atoms with Gasteiger partial charge < -0.3 is 10.1 Å². The van der Waals surface area contributed by atoms with E-state index in [0.29, 0.717) is 17.3 Å². The molecule has 0 spiro atoms. The lowest BCUT2D eigenvalue weighted by Gasteiger charge is -2.13. The molecule has 0 aliphatic heterocycles. The first kappa shape index (κ1) is 23.4. The van der Waals surface area contributed by atoms with E-state index in [0.717, 1.165) is 34.9 Å². The fourth-order valence-electron chi connectivity index (χ4n) is 2.83. The number of carbonyl (C=O) groups excluding carboxylic acids is 1. The van der Waals surface area contributed by atoms with Crippen LogP contribution in [0.4, 0.5) is 19.0 Å². The SMILES string of the molecule is CCc1cnc(NC(=O)c2cnc(C(C)=NCc3ccc(OC)cc3)s2)cc1C(F)(F)F. The van der Waals surface area contributed by atoms with Crippen molar-refractivity contribution in [2.45, 2.75) is 33.0 Å². The minimum atomic E-state index is -4.52. The Balaban J connectivity index is 1.70. The largest absolute Gasteiger partial charge is 0.497 e. The number of alkyl halides is 3. The van der Waals surface area contributed by atoms with Crippen molar-refractivity contribution < 1.29 is 22.7 Å². The van der Waals surface area contributed by atoms with Gasteiger partial charge in [0, 0.05) is 6.20 Å². The molecule has 0 aliphatic rings. The average molecular weight is 462 g/mol. The number of thiazole rings is 1. The van der Waals surface area contributed by atoms with Crippen molar-refractivity contribution in [3.05, 3.63) is 69.3 Å². The van der Waals surface area contributed by atoms with Crippen molar-refractivity contribution in [1.29, 1.82) is 0 Å². The van der Waals surface area contributed by atoms with Crippen LogP contribution in [0.15, 0.2) is 47.7 Å². The molecule has 1 amide bonds. The zero-order valence-electron chi connectivity index (χ0n) is 17.7. The zero-order chi connectivity index (χ0) is 23.3. The van der Waals surface area contributed by atoms with Crippen LogP contribution in [0.3, 0.4) is 0 Å². The Morgan fingerprint density at radius 2 is 1.91 bits per heavy atom. The number of nitrogens with one attached hydrogen (secondary N) is 1. The predicted octanol–water partition coefficient (Wildman–Crippen LogP) is 5.39. The van der Waals surface area contributed by atoms with Crippen LogP contribution in [0.5, 0.6) is 5.75 Å². The molecule has 3 aromatic rings. The second kappa shape index (κ2) is 9.90. The molecule has 0 radical (unpaired) electrons. The summed E-state index contributed by atoms with van der Waals surface area (Å²) in [5.74, 6) is 0.00662. The molecule has 0 unspecified atom stereocenters. The van der Waals surface area contributed by atoms with Gasteiger partial charge >= 0.3 is 6.18 Å². The summed E-state index contributed by atoms with van der Waals surface area (Å²) < 4.78 is 44.8. The van der Waals surface area contributed by atoms with Gasteiger partial charge in [-0.25, -0.2) is 9.97 Å². The maximum absolute atomic E-state index is 13.2. The molecular formula is C22H21F3N4O2S. The number of pyridine rings is 1. The first-order valence-corrected chi connectivity index (χ1v) is 10.5. The van der Waals surface area contributed by atoms with Crippen LogP contribution < -0.4 is 10.1 Å². The van der Waals surface area contributed by atoms with Gasteiger partial charge in [-0.3, -0.25) is 9.79 Å². The predicted molar refractivity (Wildman–Crippen MR) is 118 cm³/mol. The Labute approximate surface area is 187 Å². The summed E-state index contributed by atoms with van der Waals surface area (Å²) in [6.07, 6.45) is -1.84. The van der Waals surface area contributed by atoms with Crippen LogP contribution in [0.25, 0.3) is 0 Å². The van der Waals surface area contributed by atoms with Crippen molar-refractivity contribution in [2.24, 2.45) is 4.99 Å². The third-order valence-corrected chi connectivity index (χ3v) is 5.72. The Hall–Kier alpha value is -3.27. The number of aryl methyl sites for hydroxylation is 1. The number of anilines is 1. The maximum atomic E-state index is 13.2.